The highest BCUT2D eigenvalue weighted by Crippen LogP contribution is 2.07. The summed E-state index contributed by atoms with van der Waals surface area (Å²) in [5, 5.41) is 11.6. The van der Waals surface area contributed by atoms with Crippen LogP contribution in [0, 0.1) is 0 Å². The monoisotopic (exact) mass is 343 g/mol. The third kappa shape index (κ3) is 7.05. The number of ether oxygens (including phenoxy) is 2. The number of carboxylic acids is 1. The Morgan fingerprint density at radius 3 is 2.36 bits per heavy atom. The van der Waals surface area contributed by atoms with Gasteiger partial charge in [-0.05, 0) is 36.2 Å². The Labute approximate surface area is 146 Å². The summed E-state index contributed by atoms with van der Waals surface area (Å²) in [5.74, 6) is -0.375. The van der Waals surface area contributed by atoms with Gasteiger partial charge in [0, 0.05) is 6.54 Å². The van der Waals surface area contributed by atoms with E-state index in [1.807, 2.05) is 30.3 Å². The highest BCUT2D eigenvalue weighted by Gasteiger charge is 2.03. The molecule has 0 unspecified atom stereocenters. The summed E-state index contributed by atoms with van der Waals surface area (Å²) in [6, 6.07) is 16.0. The van der Waals surface area contributed by atoms with Crippen molar-refractivity contribution < 1.29 is 24.2 Å². The van der Waals surface area contributed by atoms with Crippen LogP contribution in [0.5, 0.6) is 5.75 Å². The van der Waals surface area contributed by atoms with Crippen LogP contribution in [0.4, 0.5) is 0 Å². The van der Waals surface area contributed by atoms with Gasteiger partial charge in [-0.2, -0.15) is 0 Å². The molecule has 0 spiro atoms. The van der Waals surface area contributed by atoms with Crippen LogP contribution >= 0.6 is 0 Å². The van der Waals surface area contributed by atoms with Crippen LogP contribution in [0.15, 0.2) is 54.6 Å². The summed E-state index contributed by atoms with van der Waals surface area (Å²) < 4.78 is 10.7. The van der Waals surface area contributed by atoms with Gasteiger partial charge in [0.05, 0.1) is 12.2 Å². The standard InChI is InChI=1S/C19H21NO5/c21-18(14-24-12-13-25-17-4-2-1-3-5-17)20-11-10-15-6-8-16(9-7-15)19(22)23/h1-9H,10-14H2,(H,20,21)(H,22,23). The first-order valence-electron chi connectivity index (χ1n) is 7.99. The SMILES string of the molecule is O=C(COCCOc1ccccc1)NCCc1ccc(C(=O)O)cc1. The number of amides is 1. The summed E-state index contributed by atoms with van der Waals surface area (Å²) in [5.41, 5.74) is 1.21. The van der Waals surface area contributed by atoms with E-state index in [-0.39, 0.29) is 18.1 Å². The Morgan fingerprint density at radius 2 is 1.68 bits per heavy atom. The maximum absolute atomic E-state index is 11.7. The van der Waals surface area contributed by atoms with Crippen molar-refractivity contribution in [2.75, 3.05) is 26.4 Å². The van der Waals surface area contributed by atoms with Crippen molar-refractivity contribution in [3.8, 4) is 5.75 Å². The topological polar surface area (TPSA) is 84.9 Å². The van der Waals surface area contributed by atoms with E-state index in [0.717, 1.165) is 11.3 Å². The van der Waals surface area contributed by atoms with Gasteiger partial charge in [0.15, 0.2) is 0 Å². The van der Waals surface area contributed by atoms with Crippen molar-refractivity contribution in [1.82, 2.24) is 5.32 Å². The average molecular weight is 343 g/mol. The number of nitrogens with one attached hydrogen (secondary N) is 1. The molecule has 0 saturated heterocycles. The molecule has 0 saturated carbocycles. The Balaban J connectivity index is 1.54. The number of aromatic carboxylic acids is 1. The Hall–Kier alpha value is -2.86. The van der Waals surface area contributed by atoms with Gasteiger partial charge in [-0.25, -0.2) is 4.79 Å². The quantitative estimate of drug-likeness (QED) is 0.646. The van der Waals surface area contributed by atoms with Crippen LogP contribution in [0.1, 0.15) is 15.9 Å². The lowest BCUT2D eigenvalue weighted by atomic mass is 10.1. The third-order valence-corrected chi connectivity index (χ3v) is 3.41. The number of rotatable bonds is 10. The Morgan fingerprint density at radius 1 is 0.960 bits per heavy atom. The number of carbonyl (C=O) groups excluding carboxylic acids is 1. The van der Waals surface area contributed by atoms with E-state index in [9.17, 15) is 9.59 Å². The van der Waals surface area contributed by atoms with E-state index in [1.165, 1.54) is 0 Å². The van der Waals surface area contributed by atoms with Gasteiger partial charge in [-0.1, -0.05) is 30.3 Å². The minimum atomic E-state index is -0.951. The molecule has 0 aliphatic heterocycles. The lowest BCUT2D eigenvalue weighted by Gasteiger charge is -2.08. The fraction of sp³-hybridized carbons (Fsp3) is 0.263. The predicted molar refractivity (Wildman–Crippen MR) is 92.9 cm³/mol. The molecule has 25 heavy (non-hydrogen) atoms. The lowest BCUT2D eigenvalue weighted by Crippen LogP contribution is -2.30. The van der Waals surface area contributed by atoms with E-state index < -0.39 is 5.97 Å². The van der Waals surface area contributed by atoms with Crippen molar-refractivity contribution in [2.24, 2.45) is 0 Å². The highest BCUT2D eigenvalue weighted by molar-refractivity contribution is 5.87. The van der Waals surface area contributed by atoms with Gasteiger partial charge in [0.2, 0.25) is 5.91 Å². The normalized spacial score (nSPS) is 10.2. The number of carbonyl (C=O) groups is 2. The fourth-order valence-electron chi connectivity index (χ4n) is 2.11. The van der Waals surface area contributed by atoms with Crippen molar-refractivity contribution in [3.63, 3.8) is 0 Å². The number of hydrogen-bond donors (Lipinski definition) is 2. The van der Waals surface area contributed by atoms with Crippen LogP contribution in [-0.2, 0) is 16.0 Å². The molecular weight excluding hydrogens is 322 g/mol. The van der Waals surface area contributed by atoms with Crippen LogP contribution in [0.2, 0.25) is 0 Å². The molecule has 0 aliphatic rings. The first-order valence-corrected chi connectivity index (χ1v) is 7.99. The maximum atomic E-state index is 11.7. The smallest absolute Gasteiger partial charge is 0.335 e. The number of para-hydroxylation sites is 1. The maximum Gasteiger partial charge on any atom is 0.335 e. The molecule has 6 heteroatoms. The first kappa shape index (κ1) is 18.5. The summed E-state index contributed by atoms with van der Waals surface area (Å²) in [7, 11) is 0. The lowest BCUT2D eigenvalue weighted by molar-refractivity contribution is -0.125. The van der Waals surface area contributed by atoms with Gasteiger partial charge >= 0.3 is 5.97 Å². The van der Waals surface area contributed by atoms with Crippen LogP contribution < -0.4 is 10.1 Å². The van der Waals surface area contributed by atoms with E-state index in [1.54, 1.807) is 24.3 Å². The van der Waals surface area contributed by atoms with Crippen LogP contribution in [0.3, 0.4) is 0 Å². The average Bonchev–Trinajstić information content (AvgIpc) is 2.63. The summed E-state index contributed by atoms with van der Waals surface area (Å²) in [4.78, 5) is 22.4. The predicted octanol–water partition coefficient (Wildman–Crippen LogP) is 2.14. The molecule has 6 nitrogen and oxygen atoms in total. The Kier molecular flexibility index (Phi) is 7.46. The van der Waals surface area contributed by atoms with E-state index in [2.05, 4.69) is 5.32 Å². The molecule has 0 aromatic heterocycles. The van der Waals surface area contributed by atoms with Gasteiger partial charge in [0.1, 0.15) is 19.0 Å². The minimum absolute atomic E-state index is 0.0178. The molecule has 0 fully saturated rings. The third-order valence-electron chi connectivity index (χ3n) is 3.41. The molecule has 0 bridgehead atoms. The molecular formula is C19H21NO5. The minimum Gasteiger partial charge on any atom is -0.491 e. The van der Waals surface area contributed by atoms with Gasteiger partial charge in [-0.3, -0.25) is 4.79 Å². The summed E-state index contributed by atoms with van der Waals surface area (Å²) in [6.45, 7) is 1.16. The van der Waals surface area contributed by atoms with Crippen molar-refractivity contribution in [1.29, 1.82) is 0 Å². The molecule has 2 N–H and O–H groups in total. The van der Waals surface area contributed by atoms with Crippen molar-refractivity contribution in [2.45, 2.75) is 6.42 Å². The molecule has 0 radical (unpaired) electrons. The molecule has 1 amide bonds. The number of benzene rings is 2. The molecule has 0 aliphatic carbocycles. The second-order valence-corrected chi connectivity index (χ2v) is 5.32. The largest absolute Gasteiger partial charge is 0.491 e. The molecule has 2 aromatic carbocycles. The molecule has 0 heterocycles. The van der Waals surface area contributed by atoms with Crippen LogP contribution in [-0.4, -0.2) is 43.3 Å². The zero-order chi connectivity index (χ0) is 17.9. The van der Waals surface area contributed by atoms with Crippen molar-refractivity contribution >= 4 is 11.9 Å². The number of carboxylic acid groups (broad SMARTS) is 1. The van der Waals surface area contributed by atoms with E-state index in [4.69, 9.17) is 14.6 Å². The van der Waals surface area contributed by atoms with E-state index >= 15 is 0 Å². The second kappa shape index (κ2) is 10.1. The first-order chi connectivity index (χ1) is 12.1. The summed E-state index contributed by atoms with van der Waals surface area (Å²) in [6.07, 6.45) is 0.628. The van der Waals surface area contributed by atoms with Gasteiger partial charge in [-0.15, -0.1) is 0 Å². The molecule has 2 aromatic rings. The van der Waals surface area contributed by atoms with Gasteiger partial charge in [0.25, 0.3) is 0 Å². The zero-order valence-electron chi connectivity index (χ0n) is 13.8. The zero-order valence-corrected chi connectivity index (χ0v) is 13.8. The summed E-state index contributed by atoms with van der Waals surface area (Å²) >= 11 is 0. The van der Waals surface area contributed by atoms with Crippen molar-refractivity contribution in [3.05, 3.63) is 65.7 Å². The molecule has 2 rings (SSSR count). The van der Waals surface area contributed by atoms with Gasteiger partial charge < -0.3 is 19.9 Å². The van der Waals surface area contributed by atoms with E-state index in [0.29, 0.717) is 26.2 Å². The second-order valence-electron chi connectivity index (χ2n) is 5.32. The van der Waals surface area contributed by atoms with Crippen LogP contribution in [0.25, 0.3) is 0 Å². The number of hydrogen-bond acceptors (Lipinski definition) is 4. The highest BCUT2D eigenvalue weighted by atomic mass is 16.5. The Bertz CT molecular complexity index is 670. The molecule has 0 atom stereocenters. The molecule has 132 valence electrons. The fourth-order valence-corrected chi connectivity index (χ4v) is 2.11.